The molecule has 0 unspecified atom stereocenters. The van der Waals surface area contributed by atoms with Gasteiger partial charge in [-0.3, -0.25) is 9.59 Å². The van der Waals surface area contributed by atoms with Gasteiger partial charge in [-0.2, -0.15) is 0 Å². The van der Waals surface area contributed by atoms with Crippen molar-refractivity contribution < 1.29 is 9.59 Å². The fourth-order valence-corrected chi connectivity index (χ4v) is 2.45. The zero-order valence-corrected chi connectivity index (χ0v) is 10.9. The number of carbonyl (C=O) groups excluding carboxylic acids is 2. The highest BCUT2D eigenvalue weighted by molar-refractivity contribution is 6.00. The molecule has 0 saturated heterocycles. The number of anilines is 1. The molecular formula is C14H17N3O2. The maximum Gasteiger partial charge on any atom is 0.255 e. The van der Waals surface area contributed by atoms with E-state index in [9.17, 15) is 9.59 Å². The lowest BCUT2D eigenvalue weighted by atomic mass is 10.1. The standard InChI is InChI=1S/C14H17N3O2/c1-16(11-4-5-11)13(18)8-17-7-9-2-3-10(15)6-12(9)14(17)19/h2-3,6,11H,4-5,7-8,15H2,1H3. The van der Waals surface area contributed by atoms with Crippen molar-refractivity contribution in [3.8, 4) is 0 Å². The molecule has 1 aromatic rings. The van der Waals surface area contributed by atoms with Gasteiger partial charge in [0.15, 0.2) is 0 Å². The zero-order valence-electron chi connectivity index (χ0n) is 10.9. The summed E-state index contributed by atoms with van der Waals surface area (Å²) in [5.74, 6) is -0.0866. The molecule has 3 rings (SSSR count). The first-order chi connectivity index (χ1) is 9.06. The predicted molar refractivity (Wildman–Crippen MR) is 71.4 cm³/mol. The number of benzene rings is 1. The summed E-state index contributed by atoms with van der Waals surface area (Å²) in [6, 6.07) is 5.71. The average molecular weight is 259 g/mol. The quantitative estimate of drug-likeness (QED) is 0.818. The molecule has 2 N–H and O–H groups in total. The Morgan fingerprint density at radius 1 is 1.47 bits per heavy atom. The van der Waals surface area contributed by atoms with Crippen LogP contribution < -0.4 is 5.73 Å². The molecule has 5 nitrogen and oxygen atoms in total. The third-order valence-electron chi connectivity index (χ3n) is 3.83. The summed E-state index contributed by atoms with van der Waals surface area (Å²) in [6.45, 7) is 0.652. The van der Waals surface area contributed by atoms with Crippen LogP contribution in [0.5, 0.6) is 0 Å². The molecule has 0 bridgehead atoms. The number of rotatable bonds is 3. The molecular weight excluding hydrogens is 242 g/mol. The van der Waals surface area contributed by atoms with E-state index in [1.807, 2.05) is 13.1 Å². The van der Waals surface area contributed by atoms with Crippen molar-refractivity contribution in [3.63, 3.8) is 0 Å². The number of nitrogens with two attached hydrogens (primary N) is 1. The molecule has 1 aliphatic heterocycles. The van der Waals surface area contributed by atoms with Gasteiger partial charge in [0.05, 0.1) is 0 Å². The van der Waals surface area contributed by atoms with Crippen LogP contribution in [0, 0.1) is 0 Å². The van der Waals surface area contributed by atoms with E-state index in [1.165, 1.54) is 0 Å². The van der Waals surface area contributed by atoms with Crippen molar-refractivity contribution in [1.82, 2.24) is 9.80 Å². The molecule has 0 spiro atoms. The Morgan fingerprint density at radius 2 is 2.21 bits per heavy atom. The molecule has 1 fully saturated rings. The molecule has 0 radical (unpaired) electrons. The summed E-state index contributed by atoms with van der Waals surface area (Å²) in [5, 5.41) is 0. The number of amides is 2. The number of hydrogen-bond donors (Lipinski definition) is 1. The molecule has 19 heavy (non-hydrogen) atoms. The molecule has 2 aliphatic rings. The van der Waals surface area contributed by atoms with Crippen molar-refractivity contribution in [1.29, 1.82) is 0 Å². The van der Waals surface area contributed by atoms with Gasteiger partial charge in [-0.05, 0) is 30.5 Å². The van der Waals surface area contributed by atoms with E-state index >= 15 is 0 Å². The summed E-state index contributed by atoms with van der Waals surface area (Å²) in [7, 11) is 1.81. The topological polar surface area (TPSA) is 66.6 Å². The third-order valence-corrected chi connectivity index (χ3v) is 3.83. The maximum absolute atomic E-state index is 12.2. The monoisotopic (exact) mass is 259 g/mol. The van der Waals surface area contributed by atoms with Gasteiger partial charge in [0.1, 0.15) is 6.54 Å². The second-order valence-electron chi connectivity index (χ2n) is 5.31. The fourth-order valence-electron chi connectivity index (χ4n) is 2.45. The van der Waals surface area contributed by atoms with Crippen molar-refractivity contribution in [2.45, 2.75) is 25.4 Å². The van der Waals surface area contributed by atoms with Gasteiger partial charge < -0.3 is 15.5 Å². The Hall–Kier alpha value is -2.04. The van der Waals surface area contributed by atoms with Crippen LogP contribution in [-0.4, -0.2) is 41.2 Å². The first-order valence-corrected chi connectivity index (χ1v) is 6.49. The van der Waals surface area contributed by atoms with Crippen LogP contribution in [0.3, 0.4) is 0 Å². The Balaban J connectivity index is 1.71. The maximum atomic E-state index is 12.2. The van der Waals surface area contributed by atoms with Gasteiger partial charge in [-0.1, -0.05) is 6.07 Å². The Morgan fingerprint density at radius 3 is 2.89 bits per heavy atom. The molecule has 5 heteroatoms. The van der Waals surface area contributed by atoms with Crippen LogP contribution >= 0.6 is 0 Å². The average Bonchev–Trinajstić information content (AvgIpc) is 3.18. The largest absolute Gasteiger partial charge is 0.399 e. The zero-order chi connectivity index (χ0) is 13.6. The second-order valence-corrected chi connectivity index (χ2v) is 5.31. The van der Waals surface area contributed by atoms with Crippen LogP contribution in [0.1, 0.15) is 28.8 Å². The van der Waals surface area contributed by atoms with Crippen LogP contribution in [0.4, 0.5) is 5.69 Å². The molecule has 1 saturated carbocycles. The SMILES string of the molecule is CN(C(=O)CN1Cc2ccc(N)cc2C1=O)C1CC1. The van der Waals surface area contributed by atoms with Gasteiger partial charge in [-0.25, -0.2) is 0 Å². The van der Waals surface area contributed by atoms with Crippen LogP contribution in [0.2, 0.25) is 0 Å². The Labute approximate surface area is 112 Å². The van der Waals surface area contributed by atoms with E-state index in [2.05, 4.69) is 0 Å². The van der Waals surface area contributed by atoms with E-state index in [-0.39, 0.29) is 18.4 Å². The van der Waals surface area contributed by atoms with Crippen LogP contribution in [-0.2, 0) is 11.3 Å². The lowest BCUT2D eigenvalue weighted by Crippen LogP contribution is -2.39. The molecule has 1 heterocycles. The van der Waals surface area contributed by atoms with E-state index in [1.54, 1.807) is 21.9 Å². The fraction of sp³-hybridized carbons (Fsp3) is 0.429. The van der Waals surface area contributed by atoms with E-state index in [0.29, 0.717) is 23.8 Å². The Kier molecular flexibility index (Phi) is 2.69. The van der Waals surface area contributed by atoms with Crippen molar-refractivity contribution in [3.05, 3.63) is 29.3 Å². The normalized spacial score (nSPS) is 17.5. The van der Waals surface area contributed by atoms with Crippen LogP contribution in [0.25, 0.3) is 0 Å². The Bertz CT molecular complexity index is 552. The minimum atomic E-state index is -0.0974. The van der Waals surface area contributed by atoms with Crippen molar-refractivity contribution >= 4 is 17.5 Å². The lowest BCUT2D eigenvalue weighted by Gasteiger charge is -2.21. The summed E-state index contributed by atoms with van der Waals surface area (Å²) in [5.41, 5.74) is 7.84. The van der Waals surface area contributed by atoms with Gasteiger partial charge in [0, 0.05) is 30.9 Å². The van der Waals surface area contributed by atoms with Gasteiger partial charge in [-0.15, -0.1) is 0 Å². The molecule has 100 valence electrons. The smallest absolute Gasteiger partial charge is 0.255 e. The highest BCUT2D eigenvalue weighted by Gasteiger charge is 2.33. The minimum absolute atomic E-state index is 0.0108. The van der Waals surface area contributed by atoms with Gasteiger partial charge >= 0.3 is 0 Å². The number of fused-ring (bicyclic) bond motifs is 1. The first kappa shape index (κ1) is 12.0. The number of hydrogen-bond acceptors (Lipinski definition) is 3. The summed E-state index contributed by atoms with van der Waals surface area (Å²) in [4.78, 5) is 27.6. The minimum Gasteiger partial charge on any atom is -0.399 e. The molecule has 1 aliphatic carbocycles. The van der Waals surface area contributed by atoms with Gasteiger partial charge in [0.2, 0.25) is 5.91 Å². The lowest BCUT2D eigenvalue weighted by molar-refractivity contribution is -0.131. The third kappa shape index (κ3) is 2.16. The van der Waals surface area contributed by atoms with E-state index < -0.39 is 0 Å². The number of nitrogens with zero attached hydrogens (tertiary/aromatic N) is 2. The summed E-state index contributed by atoms with van der Waals surface area (Å²) in [6.07, 6.45) is 2.15. The van der Waals surface area contributed by atoms with E-state index in [4.69, 9.17) is 5.73 Å². The van der Waals surface area contributed by atoms with Gasteiger partial charge in [0.25, 0.3) is 5.91 Å². The summed E-state index contributed by atoms with van der Waals surface area (Å²) >= 11 is 0. The number of carbonyl (C=O) groups is 2. The molecule has 1 aromatic carbocycles. The van der Waals surface area contributed by atoms with Crippen molar-refractivity contribution in [2.75, 3.05) is 19.3 Å². The predicted octanol–water partition coefficient (Wildman–Crippen LogP) is 0.845. The molecule has 0 atom stereocenters. The van der Waals surface area contributed by atoms with Crippen LogP contribution in [0.15, 0.2) is 18.2 Å². The number of likely N-dealkylation sites (N-methyl/N-ethyl adjacent to an activating group) is 1. The highest BCUT2D eigenvalue weighted by Crippen LogP contribution is 2.27. The molecule has 0 aromatic heterocycles. The van der Waals surface area contributed by atoms with E-state index in [0.717, 1.165) is 18.4 Å². The number of nitrogen functional groups attached to an aromatic ring is 1. The molecule has 2 amide bonds. The second kappa shape index (κ2) is 4.26. The van der Waals surface area contributed by atoms with Crippen molar-refractivity contribution in [2.24, 2.45) is 0 Å². The highest BCUT2D eigenvalue weighted by atomic mass is 16.2. The summed E-state index contributed by atoms with van der Waals surface area (Å²) < 4.78 is 0. The first-order valence-electron chi connectivity index (χ1n) is 6.49.